The molecule has 2 aromatic rings. The molecule has 0 aromatic heterocycles. The van der Waals surface area contributed by atoms with Gasteiger partial charge in [-0.15, -0.1) is 0 Å². The van der Waals surface area contributed by atoms with Gasteiger partial charge in [0.05, 0.1) is 6.04 Å². The van der Waals surface area contributed by atoms with Gasteiger partial charge in [0, 0.05) is 25.2 Å². The first-order chi connectivity index (χ1) is 15.2. The quantitative estimate of drug-likeness (QED) is 0.680. The number of nitrogens with one attached hydrogen (secondary N) is 2. The van der Waals surface area contributed by atoms with E-state index in [1.165, 1.54) is 16.7 Å². The van der Waals surface area contributed by atoms with E-state index in [9.17, 15) is 9.59 Å². The summed E-state index contributed by atoms with van der Waals surface area (Å²) in [5.41, 5.74) is 3.65. The zero-order chi connectivity index (χ0) is 21.5. The molecule has 2 aliphatic rings. The van der Waals surface area contributed by atoms with E-state index in [1.54, 1.807) is 6.08 Å². The lowest BCUT2D eigenvalue weighted by atomic mass is 10.0. The lowest BCUT2D eigenvalue weighted by Crippen LogP contribution is -2.49. The molecule has 1 fully saturated rings. The summed E-state index contributed by atoms with van der Waals surface area (Å²) in [5.74, 6) is 0.0226. The number of hydrogen-bond donors (Lipinski definition) is 2. The molecule has 0 radical (unpaired) electrons. The van der Waals surface area contributed by atoms with E-state index >= 15 is 0 Å². The van der Waals surface area contributed by atoms with E-state index in [1.807, 2.05) is 41.3 Å². The third kappa shape index (κ3) is 5.82. The number of amides is 2. The van der Waals surface area contributed by atoms with Crippen molar-refractivity contribution in [3.8, 4) is 0 Å². The summed E-state index contributed by atoms with van der Waals surface area (Å²) in [4.78, 5) is 27.4. The van der Waals surface area contributed by atoms with Crippen LogP contribution in [-0.2, 0) is 29.1 Å². The minimum absolute atomic E-state index is 0.00838. The Kier molecular flexibility index (Phi) is 7.15. The van der Waals surface area contributed by atoms with Crippen LogP contribution in [0.2, 0.25) is 0 Å². The number of fused-ring (bicyclic) bond motifs is 1. The van der Waals surface area contributed by atoms with Gasteiger partial charge in [0.15, 0.2) is 0 Å². The van der Waals surface area contributed by atoms with Crippen molar-refractivity contribution in [2.45, 2.75) is 57.3 Å². The van der Waals surface area contributed by atoms with E-state index in [0.717, 1.165) is 38.6 Å². The van der Waals surface area contributed by atoms with Gasteiger partial charge in [0.1, 0.15) is 0 Å². The van der Waals surface area contributed by atoms with Gasteiger partial charge in [-0.25, -0.2) is 0 Å². The van der Waals surface area contributed by atoms with Crippen LogP contribution < -0.4 is 10.6 Å². The lowest BCUT2D eigenvalue weighted by Gasteiger charge is -2.25. The average Bonchev–Trinajstić information content (AvgIpc) is 3.26. The number of carbonyl (C=O) groups excluding carboxylic acids is 2. The normalized spacial score (nSPS) is 19.2. The molecule has 4 rings (SSSR count). The highest BCUT2D eigenvalue weighted by Crippen LogP contribution is 2.22. The van der Waals surface area contributed by atoms with Crippen molar-refractivity contribution in [1.29, 1.82) is 0 Å². The van der Waals surface area contributed by atoms with Crippen molar-refractivity contribution >= 4 is 11.8 Å². The highest BCUT2D eigenvalue weighted by Gasteiger charge is 2.24. The highest BCUT2D eigenvalue weighted by molar-refractivity contribution is 5.88. The average molecular weight is 418 g/mol. The number of piperidine rings is 1. The fourth-order valence-electron chi connectivity index (χ4n) is 4.34. The summed E-state index contributed by atoms with van der Waals surface area (Å²) in [6, 6.07) is 18.1. The first-order valence-corrected chi connectivity index (χ1v) is 11.3. The van der Waals surface area contributed by atoms with Crippen LogP contribution in [0.1, 0.15) is 42.4 Å². The molecule has 162 valence electrons. The van der Waals surface area contributed by atoms with Crippen molar-refractivity contribution in [1.82, 2.24) is 15.5 Å². The second-order valence-electron chi connectivity index (χ2n) is 8.46. The Labute approximate surface area is 184 Å². The van der Waals surface area contributed by atoms with Crippen molar-refractivity contribution < 1.29 is 9.59 Å². The predicted molar refractivity (Wildman–Crippen MR) is 122 cm³/mol. The molecule has 0 saturated carbocycles. The van der Waals surface area contributed by atoms with E-state index in [4.69, 9.17) is 0 Å². The zero-order valence-corrected chi connectivity index (χ0v) is 17.9. The maximum Gasteiger partial charge on any atom is 0.246 e. The third-order valence-electron chi connectivity index (χ3n) is 6.16. The molecular formula is C26H31N3O2. The Bertz CT molecular complexity index is 894. The molecule has 2 heterocycles. The van der Waals surface area contributed by atoms with Crippen molar-refractivity contribution in [3.63, 3.8) is 0 Å². The van der Waals surface area contributed by atoms with Crippen LogP contribution in [0.15, 0.2) is 66.7 Å². The molecule has 5 nitrogen and oxygen atoms in total. The Balaban J connectivity index is 1.39. The molecule has 0 bridgehead atoms. The van der Waals surface area contributed by atoms with E-state index in [0.29, 0.717) is 13.1 Å². The summed E-state index contributed by atoms with van der Waals surface area (Å²) >= 11 is 0. The fraction of sp³-hybridized carbons (Fsp3) is 0.385. The summed E-state index contributed by atoms with van der Waals surface area (Å²) in [7, 11) is 0. The summed E-state index contributed by atoms with van der Waals surface area (Å²) in [6.45, 7) is 2.18. The summed E-state index contributed by atoms with van der Waals surface area (Å²) in [5, 5.41) is 6.47. The van der Waals surface area contributed by atoms with E-state index < -0.39 is 0 Å². The smallest absolute Gasteiger partial charge is 0.246 e. The third-order valence-corrected chi connectivity index (χ3v) is 6.16. The maximum atomic E-state index is 12.8. The number of nitrogens with zero attached hydrogens (tertiary/aromatic N) is 1. The monoisotopic (exact) mass is 417 g/mol. The second-order valence-corrected chi connectivity index (χ2v) is 8.46. The minimum Gasteiger partial charge on any atom is -0.349 e. The standard InChI is InChI=1S/C26H31N3O2/c30-25(29-18-21-10-4-5-11-22(21)19-29)16-15-23(14-13-20-8-2-1-3-9-20)28-26(31)24-12-6-7-17-27-24/h1-5,8-11,15-16,23-24,27H,6-7,12-14,17-19H2,(H,28,31)/t23-,24-/m0/s1. The Morgan fingerprint density at radius 2 is 1.74 bits per heavy atom. The van der Waals surface area contributed by atoms with E-state index in [2.05, 4.69) is 34.9 Å². The van der Waals surface area contributed by atoms with Gasteiger partial charge in [-0.1, -0.05) is 67.1 Å². The topological polar surface area (TPSA) is 61.4 Å². The SMILES string of the molecule is O=C(N[C@H](C=CC(=O)N1Cc2ccccc2C1)CCc1ccccc1)[C@@H]1CCCCN1. The molecule has 2 N–H and O–H groups in total. The first kappa shape index (κ1) is 21.3. The molecule has 2 aromatic carbocycles. The molecule has 2 atom stereocenters. The van der Waals surface area contributed by atoms with Crippen LogP contribution in [0, 0.1) is 0 Å². The fourth-order valence-corrected chi connectivity index (χ4v) is 4.34. The van der Waals surface area contributed by atoms with Gasteiger partial charge in [-0.3, -0.25) is 9.59 Å². The number of aryl methyl sites for hydroxylation is 1. The first-order valence-electron chi connectivity index (χ1n) is 11.3. The molecular weight excluding hydrogens is 386 g/mol. The van der Waals surface area contributed by atoms with Crippen molar-refractivity contribution in [3.05, 3.63) is 83.4 Å². The van der Waals surface area contributed by atoms with E-state index in [-0.39, 0.29) is 23.9 Å². The Morgan fingerprint density at radius 1 is 1.03 bits per heavy atom. The molecule has 1 saturated heterocycles. The minimum atomic E-state index is -0.176. The number of hydrogen-bond acceptors (Lipinski definition) is 3. The summed E-state index contributed by atoms with van der Waals surface area (Å²) < 4.78 is 0. The van der Waals surface area contributed by atoms with Crippen LogP contribution >= 0.6 is 0 Å². The number of benzene rings is 2. The van der Waals surface area contributed by atoms with Gasteiger partial charge in [0.25, 0.3) is 0 Å². The summed E-state index contributed by atoms with van der Waals surface area (Å²) in [6.07, 6.45) is 8.17. The highest BCUT2D eigenvalue weighted by atomic mass is 16.2. The number of carbonyl (C=O) groups is 2. The maximum absolute atomic E-state index is 12.8. The Hall–Kier alpha value is -2.92. The van der Waals surface area contributed by atoms with Crippen molar-refractivity contribution in [2.75, 3.05) is 6.54 Å². The molecule has 31 heavy (non-hydrogen) atoms. The van der Waals surface area contributed by atoms with Crippen LogP contribution in [0.25, 0.3) is 0 Å². The van der Waals surface area contributed by atoms with Crippen LogP contribution in [0.5, 0.6) is 0 Å². The van der Waals surface area contributed by atoms with Gasteiger partial charge < -0.3 is 15.5 Å². The molecule has 0 aliphatic carbocycles. The number of rotatable bonds is 7. The van der Waals surface area contributed by atoms with Gasteiger partial charge in [0.2, 0.25) is 11.8 Å². The van der Waals surface area contributed by atoms with Gasteiger partial charge >= 0.3 is 0 Å². The van der Waals surface area contributed by atoms with Gasteiger partial charge in [-0.2, -0.15) is 0 Å². The van der Waals surface area contributed by atoms with Crippen molar-refractivity contribution in [2.24, 2.45) is 0 Å². The molecule has 0 unspecified atom stereocenters. The largest absolute Gasteiger partial charge is 0.349 e. The zero-order valence-electron chi connectivity index (χ0n) is 17.9. The van der Waals surface area contributed by atoms with Crippen LogP contribution in [0.3, 0.4) is 0 Å². The second kappa shape index (κ2) is 10.4. The molecule has 5 heteroatoms. The molecule has 0 spiro atoms. The predicted octanol–water partition coefficient (Wildman–Crippen LogP) is 3.34. The van der Waals surface area contributed by atoms with Crippen LogP contribution in [-0.4, -0.2) is 35.3 Å². The van der Waals surface area contributed by atoms with Crippen LogP contribution in [0.4, 0.5) is 0 Å². The van der Waals surface area contributed by atoms with Gasteiger partial charge in [-0.05, 0) is 48.9 Å². The molecule has 2 amide bonds. The molecule has 2 aliphatic heterocycles. The lowest BCUT2D eigenvalue weighted by molar-refractivity contribution is -0.127. The Morgan fingerprint density at radius 3 is 2.42 bits per heavy atom.